The third kappa shape index (κ3) is 23.6. The number of rotatable bonds is 41. The Morgan fingerprint density at radius 1 is 0.714 bits per heavy atom. The molecule has 3 aliphatic rings. The summed E-state index contributed by atoms with van der Waals surface area (Å²) in [5, 5.41) is 19.3. The number of benzene rings is 2. The Bertz CT molecular complexity index is 2990. The largest absolute Gasteiger partial charge is 0.445 e. The van der Waals surface area contributed by atoms with Gasteiger partial charge in [0.15, 0.2) is 11.6 Å². The van der Waals surface area contributed by atoms with Gasteiger partial charge in [0, 0.05) is 128 Å². The maximum Gasteiger partial charge on any atom is 0.410 e. The second-order valence-electron chi connectivity index (χ2n) is 28.1. The van der Waals surface area contributed by atoms with E-state index in [-0.39, 0.29) is 141 Å². The number of primary amides is 1. The maximum atomic E-state index is 14.9. The van der Waals surface area contributed by atoms with Crippen molar-refractivity contribution in [1.29, 1.82) is 0 Å². The number of ketones is 3. The van der Waals surface area contributed by atoms with Gasteiger partial charge in [0.05, 0.1) is 48.9 Å². The molecule has 0 radical (unpaired) electrons. The molecule has 0 aliphatic carbocycles. The number of unbranched alkanes of at least 4 members (excludes halogenated alkanes) is 2. The van der Waals surface area contributed by atoms with Gasteiger partial charge in [0.1, 0.15) is 12.4 Å². The lowest BCUT2D eigenvalue weighted by atomic mass is 9.83. The first kappa shape index (κ1) is 81.3. The van der Waals surface area contributed by atoms with Crippen molar-refractivity contribution in [3.8, 4) is 0 Å². The van der Waals surface area contributed by atoms with Crippen molar-refractivity contribution in [1.82, 2.24) is 35.1 Å². The molecule has 24 heteroatoms. The first-order valence-corrected chi connectivity index (χ1v) is 35.4. The number of imide groups is 1. The number of urea groups is 1. The molecule has 12 atom stereocenters. The van der Waals surface area contributed by atoms with Gasteiger partial charge in [-0.05, 0) is 91.4 Å². The van der Waals surface area contributed by atoms with Gasteiger partial charge in [-0.2, -0.15) is 0 Å². The van der Waals surface area contributed by atoms with E-state index >= 15 is 0 Å². The van der Waals surface area contributed by atoms with Crippen LogP contribution in [0.15, 0.2) is 66.7 Å². The van der Waals surface area contributed by atoms with Crippen LogP contribution in [0.2, 0.25) is 0 Å². The SMILES string of the molecule is CC[C@H](C)[C@@H](C(CC(=O)N1CCC[C@H]1[C@H](OC)[C@@H](C)C(=O)C[C@H](C)[C@@H](O)c1ccccc1)OC)N(C)C(=O)[C@@H](CC(=O)[C@H](C(C)C)N1CCN(C(=O)OCc2ccc(NC(=O)[C@H](CCCNC(N)=O)CC(=O)[C@@H](NC(=O)CCCCCN3C(=O)C=CC3=O)C(C)C)cc2)CC1)C(C)C. The monoisotopic (exact) mass is 1370 g/mol. The number of ether oxygens (including phenoxy) is 3. The lowest BCUT2D eigenvalue weighted by Crippen LogP contribution is -2.56. The van der Waals surface area contributed by atoms with E-state index in [0.717, 1.165) is 16.9 Å². The number of hydrogen-bond acceptors (Lipinski definition) is 16. The number of hydrogen-bond donors (Lipinski definition) is 5. The van der Waals surface area contributed by atoms with E-state index in [1.54, 1.807) is 74.1 Å². The van der Waals surface area contributed by atoms with Crippen LogP contribution >= 0.6 is 0 Å². The lowest BCUT2D eigenvalue weighted by molar-refractivity contribution is -0.149. The third-order valence-corrected chi connectivity index (χ3v) is 20.0. The summed E-state index contributed by atoms with van der Waals surface area (Å²) in [6.07, 6.45) is 4.11. The topological polar surface area (TPSA) is 314 Å². The number of nitrogens with one attached hydrogen (secondary N) is 3. The fourth-order valence-corrected chi connectivity index (χ4v) is 14.0. The third-order valence-electron chi connectivity index (χ3n) is 20.0. The van der Waals surface area contributed by atoms with Gasteiger partial charge in [-0.1, -0.05) is 125 Å². The van der Waals surface area contributed by atoms with Gasteiger partial charge in [0.25, 0.3) is 11.8 Å². The molecule has 0 spiro atoms. The summed E-state index contributed by atoms with van der Waals surface area (Å²) < 4.78 is 17.9. The van der Waals surface area contributed by atoms with Crippen molar-refractivity contribution in [2.24, 2.45) is 53.1 Å². The van der Waals surface area contributed by atoms with Crippen LogP contribution in [-0.2, 0) is 64.0 Å². The molecular weight excluding hydrogens is 1250 g/mol. The summed E-state index contributed by atoms with van der Waals surface area (Å²) in [7, 11) is 4.86. The average Bonchev–Trinajstić information content (AvgIpc) is 1.70. The molecule has 3 aliphatic heterocycles. The number of piperazine rings is 1. The molecule has 98 heavy (non-hydrogen) atoms. The number of anilines is 1. The smallest absolute Gasteiger partial charge is 0.410 e. The molecule has 2 aromatic rings. The molecule has 2 saturated heterocycles. The van der Waals surface area contributed by atoms with Gasteiger partial charge in [0.2, 0.25) is 23.6 Å². The number of likely N-dealkylation sites (N-methyl/N-ethyl adjacent to an activating group) is 1. The Balaban J connectivity index is 1.13. The van der Waals surface area contributed by atoms with Crippen molar-refractivity contribution in [3.63, 3.8) is 0 Å². The van der Waals surface area contributed by atoms with Crippen LogP contribution in [0.1, 0.15) is 170 Å². The van der Waals surface area contributed by atoms with Crippen LogP contribution in [0.5, 0.6) is 0 Å². The highest BCUT2D eigenvalue weighted by molar-refractivity contribution is 6.12. The van der Waals surface area contributed by atoms with E-state index in [1.807, 2.05) is 85.7 Å². The fraction of sp³-hybridized carbons (Fsp3) is 0.662. The van der Waals surface area contributed by atoms with E-state index in [9.17, 15) is 57.8 Å². The number of methoxy groups -OCH3 is 2. The van der Waals surface area contributed by atoms with Gasteiger partial charge in [-0.25, -0.2) is 9.59 Å². The van der Waals surface area contributed by atoms with Gasteiger partial charge < -0.3 is 55.7 Å². The molecule has 0 saturated carbocycles. The van der Waals surface area contributed by atoms with E-state index < -0.39 is 72.2 Å². The first-order valence-electron chi connectivity index (χ1n) is 35.4. The Hall–Kier alpha value is -7.41. The van der Waals surface area contributed by atoms with Crippen molar-refractivity contribution >= 4 is 70.6 Å². The number of Topliss-reactive ketones (excluding diaryl/α,β-unsaturated/α-hetero) is 3. The van der Waals surface area contributed by atoms with Gasteiger partial charge >= 0.3 is 12.1 Å². The summed E-state index contributed by atoms with van der Waals surface area (Å²) in [6, 6.07) is 13.0. The molecular formula is C74H113N9O15. The first-order chi connectivity index (χ1) is 46.5. The fourth-order valence-electron chi connectivity index (χ4n) is 14.0. The minimum absolute atomic E-state index is 0.0114. The highest BCUT2D eigenvalue weighted by atomic mass is 16.6. The number of amides is 9. The summed E-state index contributed by atoms with van der Waals surface area (Å²) in [5.41, 5.74) is 7.08. The Morgan fingerprint density at radius 3 is 1.95 bits per heavy atom. The molecule has 9 amide bonds. The second-order valence-corrected chi connectivity index (χ2v) is 28.1. The van der Waals surface area contributed by atoms with Crippen LogP contribution in [0.3, 0.4) is 0 Å². The molecule has 1 unspecified atom stereocenters. The zero-order valence-electron chi connectivity index (χ0n) is 60.3. The predicted octanol–water partition coefficient (Wildman–Crippen LogP) is 8.03. The van der Waals surface area contributed by atoms with Crippen LogP contribution in [0.4, 0.5) is 15.3 Å². The molecule has 2 fully saturated rings. The molecule has 544 valence electrons. The molecule has 6 N–H and O–H groups in total. The Kier molecular flexibility index (Phi) is 33.2. The standard InChI is InChI=1S/C74H113N9O15/c1-14-49(8)68(61(96-12)44-65(90)82-36-22-26-57(82)70(97-13)51(10)58(84)41-50(9)69(91)53-23-17-15-18-24-53)79(11)72(93)56(46(2)3)43-60(86)67(48(6)7)80-37-39-81(40-38-80)74(95)98-45-52-28-30-55(31-29-52)77-71(92)54(25-21-34-76-73(75)94)42-59(85)66(47(4)5)78-62(87)27-19-16-20-35-83-63(88)32-33-64(83)89/h15,17-18,23-24,28-33,46-51,54,56-57,61,66-70,91H,14,16,19-22,25-27,34-45H2,1-13H3,(H,77,92)(H,78,87)(H3,75,76,94)/t49-,50-,51-,54+,56-,57-,61?,66-,67-,68-,69+,70+/m0/s1. The van der Waals surface area contributed by atoms with Crippen molar-refractivity contribution < 1.29 is 72.1 Å². The summed E-state index contributed by atoms with van der Waals surface area (Å²) in [5.74, 6) is -5.45. The summed E-state index contributed by atoms with van der Waals surface area (Å²) in [4.78, 5) is 156. The van der Waals surface area contributed by atoms with Crippen molar-refractivity contribution in [3.05, 3.63) is 77.9 Å². The van der Waals surface area contributed by atoms with E-state index in [2.05, 4.69) is 20.9 Å². The second kappa shape index (κ2) is 40.0. The molecule has 5 rings (SSSR count). The number of aliphatic hydroxyl groups excluding tert-OH is 1. The van der Waals surface area contributed by atoms with Crippen LogP contribution in [-0.4, -0.2) is 198 Å². The predicted molar refractivity (Wildman–Crippen MR) is 372 cm³/mol. The van der Waals surface area contributed by atoms with Crippen LogP contribution in [0, 0.1) is 47.3 Å². The number of nitrogens with two attached hydrogens (primary N) is 1. The summed E-state index contributed by atoms with van der Waals surface area (Å²) >= 11 is 0. The normalized spacial score (nSPS) is 18.5. The van der Waals surface area contributed by atoms with Crippen molar-refractivity contribution in [2.45, 2.75) is 202 Å². The average molecular weight is 1370 g/mol. The van der Waals surface area contributed by atoms with Crippen molar-refractivity contribution in [2.75, 3.05) is 72.4 Å². The van der Waals surface area contributed by atoms with Gasteiger partial charge in [-0.15, -0.1) is 0 Å². The van der Waals surface area contributed by atoms with Crippen LogP contribution < -0.4 is 21.7 Å². The molecule has 2 aromatic carbocycles. The highest BCUT2D eigenvalue weighted by Gasteiger charge is 2.44. The lowest BCUT2D eigenvalue weighted by Gasteiger charge is -2.42. The minimum atomic E-state index is -0.870. The zero-order valence-corrected chi connectivity index (χ0v) is 60.3. The highest BCUT2D eigenvalue weighted by Crippen LogP contribution is 2.34. The zero-order chi connectivity index (χ0) is 72.5. The number of carbonyl (C=O) groups is 11. The molecule has 24 nitrogen and oxygen atoms in total. The molecule has 3 heterocycles. The van der Waals surface area contributed by atoms with E-state index in [1.165, 1.54) is 12.2 Å². The van der Waals surface area contributed by atoms with E-state index in [4.69, 9.17) is 19.9 Å². The molecule has 0 aromatic heterocycles. The Labute approximate surface area is 580 Å². The minimum Gasteiger partial charge on any atom is -0.445 e. The number of nitrogens with zero attached hydrogens (tertiary/aromatic N) is 5. The van der Waals surface area contributed by atoms with Gasteiger partial charge in [-0.3, -0.25) is 53.0 Å². The number of likely N-dealkylation sites (tertiary alicyclic amines) is 1. The van der Waals surface area contributed by atoms with Crippen LogP contribution in [0.25, 0.3) is 0 Å². The summed E-state index contributed by atoms with van der Waals surface area (Å²) in [6.45, 7) is 21.4. The maximum absolute atomic E-state index is 14.9. The Morgan fingerprint density at radius 2 is 1.37 bits per heavy atom. The molecule has 0 bridgehead atoms. The quantitative estimate of drug-likeness (QED) is 0.0311. The number of carbonyl (C=O) groups excluding carboxylic acids is 11. The number of aliphatic hydroxyl groups is 1. The van der Waals surface area contributed by atoms with E-state index in [0.29, 0.717) is 82.5 Å².